The van der Waals surface area contributed by atoms with Gasteiger partial charge in [0.05, 0.1) is 9.93 Å². The van der Waals surface area contributed by atoms with Crippen LogP contribution >= 0.6 is 34.9 Å². The number of allylic oxidation sites excluding steroid dienone is 1. The molecule has 1 aliphatic heterocycles. The van der Waals surface area contributed by atoms with E-state index in [4.69, 9.17) is 4.98 Å². The Kier molecular flexibility index (Phi) is 5.77. The molecule has 1 aliphatic rings. The molecule has 4 aromatic rings. The van der Waals surface area contributed by atoms with Crippen LogP contribution in [0.5, 0.6) is 0 Å². The summed E-state index contributed by atoms with van der Waals surface area (Å²) in [7, 11) is 0. The molecule has 0 amide bonds. The molecular formula is C26H16N2S3. The normalized spacial score (nSPS) is 13.3. The Labute approximate surface area is 194 Å². The van der Waals surface area contributed by atoms with Gasteiger partial charge < -0.3 is 0 Å². The third kappa shape index (κ3) is 4.11. The smallest absolute Gasteiger partial charge is 0.136 e. The van der Waals surface area contributed by atoms with Gasteiger partial charge in [-0.15, -0.1) is 11.3 Å². The first-order chi connectivity index (χ1) is 15.3. The van der Waals surface area contributed by atoms with Gasteiger partial charge in [-0.25, -0.2) is 4.98 Å². The summed E-state index contributed by atoms with van der Waals surface area (Å²) in [5.74, 6) is 0. The number of thiazole rings is 1. The number of thioether (sulfide) groups is 2. The van der Waals surface area contributed by atoms with Crippen LogP contribution in [0.25, 0.3) is 26.6 Å². The number of benzene rings is 3. The first-order valence-corrected chi connectivity index (χ1v) is 12.2. The van der Waals surface area contributed by atoms with E-state index >= 15 is 0 Å². The maximum Gasteiger partial charge on any atom is 0.136 e. The monoisotopic (exact) mass is 452 g/mol. The second-order valence-corrected chi connectivity index (χ2v) is 9.93. The maximum atomic E-state index is 10.0. The highest BCUT2D eigenvalue weighted by Gasteiger charge is 2.27. The molecule has 0 radical (unpaired) electrons. The highest BCUT2D eigenvalue weighted by Crippen LogP contribution is 2.59. The molecule has 3 aromatic carbocycles. The minimum Gasteiger partial charge on any atom is -0.235 e. The zero-order valence-corrected chi connectivity index (χ0v) is 18.8. The quantitative estimate of drug-likeness (QED) is 0.294. The second kappa shape index (κ2) is 8.99. The summed E-state index contributed by atoms with van der Waals surface area (Å²) < 4.78 is 0.981. The first kappa shape index (κ1) is 19.9. The fourth-order valence-corrected chi connectivity index (χ4v) is 6.93. The van der Waals surface area contributed by atoms with Gasteiger partial charge in [0, 0.05) is 20.8 Å². The van der Waals surface area contributed by atoms with Crippen LogP contribution < -0.4 is 0 Å². The van der Waals surface area contributed by atoms with Gasteiger partial charge >= 0.3 is 0 Å². The van der Waals surface area contributed by atoms with E-state index in [-0.39, 0.29) is 0 Å². The third-order valence-electron chi connectivity index (χ3n) is 4.77. The molecule has 0 aliphatic carbocycles. The van der Waals surface area contributed by atoms with Crippen molar-refractivity contribution in [3.05, 3.63) is 117 Å². The van der Waals surface area contributed by atoms with Crippen LogP contribution in [-0.4, -0.2) is 4.98 Å². The summed E-state index contributed by atoms with van der Waals surface area (Å²) in [6, 6.07) is 33.3. The van der Waals surface area contributed by atoms with Crippen molar-refractivity contribution < 1.29 is 0 Å². The van der Waals surface area contributed by atoms with Gasteiger partial charge in [-0.05, 0) is 11.1 Å². The van der Waals surface area contributed by atoms with Crippen LogP contribution in [-0.2, 0) is 0 Å². The number of hydrogen-bond acceptors (Lipinski definition) is 5. The van der Waals surface area contributed by atoms with Crippen molar-refractivity contribution in [1.82, 2.24) is 4.98 Å². The van der Waals surface area contributed by atoms with Crippen LogP contribution in [0.4, 0.5) is 0 Å². The SMILES string of the molecule is N#CC(=C1SC(c2ccccc2)=C(c2ccccc2)S1)c1nc(-c2ccccc2)cs1. The standard InChI is InChI=1S/C26H16N2S3/c27-16-21(25-28-22(17-29-25)18-10-4-1-5-11-18)26-30-23(19-12-6-2-7-13-19)24(31-26)20-14-8-3-9-15-20/h1-15,17H. The Balaban J connectivity index is 1.56. The minimum atomic E-state index is 0.640. The van der Waals surface area contributed by atoms with Crippen molar-refractivity contribution >= 4 is 50.2 Å². The average molecular weight is 453 g/mol. The van der Waals surface area contributed by atoms with E-state index in [0.717, 1.165) is 31.6 Å². The van der Waals surface area contributed by atoms with Crippen LogP contribution in [0.1, 0.15) is 16.1 Å². The Hall–Kier alpha value is -3.04. The molecule has 5 rings (SSSR count). The highest BCUT2D eigenvalue weighted by molar-refractivity contribution is 8.34. The third-order valence-corrected chi connectivity index (χ3v) is 8.33. The topological polar surface area (TPSA) is 36.7 Å². The van der Waals surface area contributed by atoms with Crippen molar-refractivity contribution in [2.45, 2.75) is 0 Å². The van der Waals surface area contributed by atoms with Gasteiger partial charge in [0.2, 0.25) is 0 Å². The lowest BCUT2D eigenvalue weighted by atomic mass is 10.1. The Morgan fingerprint density at radius 2 is 1.16 bits per heavy atom. The Bertz CT molecular complexity index is 1260. The lowest BCUT2D eigenvalue weighted by Crippen LogP contribution is -1.84. The minimum absolute atomic E-state index is 0.640. The van der Waals surface area contributed by atoms with E-state index in [0.29, 0.717) is 5.57 Å². The Morgan fingerprint density at radius 3 is 1.65 bits per heavy atom. The molecule has 2 heterocycles. The van der Waals surface area contributed by atoms with Gasteiger partial charge in [0.1, 0.15) is 16.6 Å². The van der Waals surface area contributed by atoms with Crippen molar-refractivity contribution in [2.75, 3.05) is 0 Å². The molecule has 0 saturated heterocycles. The number of nitrogens with zero attached hydrogens (tertiary/aromatic N) is 2. The van der Waals surface area contributed by atoms with Crippen molar-refractivity contribution in [3.63, 3.8) is 0 Å². The largest absolute Gasteiger partial charge is 0.235 e. The molecule has 1 aromatic heterocycles. The molecule has 0 spiro atoms. The predicted molar refractivity (Wildman–Crippen MR) is 135 cm³/mol. The number of aromatic nitrogens is 1. The molecule has 0 atom stereocenters. The lowest BCUT2D eigenvalue weighted by molar-refractivity contribution is 1.37. The van der Waals surface area contributed by atoms with Crippen LogP contribution in [0, 0.1) is 11.3 Å². The van der Waals surface area contributed by atoms with Crippen molar-refractivity contribution in [2.24, 2.45) is 0 Å². The molecular weight excluding hydrogens is 437 g/mol. The first-order valence-electron chi connectivity index (χ1n) is 9.70. The van der Waals surface area contributed by atoms with Gasteiger partial charge in [0.25, 0.3) is 0 Å². The molecule has 0 unspecified atom stereocenters. The average Bonchev–Trinajstić information content (AvgIpc) is 3.50. The fourth-order valence-electron chi connectivity index (χ4n) is 3.27. The van der Waals surface area contributed by atoms with E-state index in [1.807, 2.05) is 47.8 Å². The van der Waals surface area contributed by atoms with Gasteiger partial charge in [-0.2, -0.15) is 5.26 Å². The molecule has 0 N–H and O–H groups in total. The molecule has 0 saturated carbocycles. The summed E-state index contributed by atoms with van der Waals surface area (Å²) in [6.07, 6.45) is 0. The summed E-state index contributed by atoms with van der Waals surface area (Å²) >= 11 is 4.85. The number of nitriles is 1. The molecule has 5 heteroatoms. The van der Waals surface area contributed by atoms with Crippen molar-refractivity contribution in [3.8, 4) is 17.3 Å². The van der Waals surface area contributed by atoms with Crippen molar-refractivity contribution in [1.29, 1.82) is 5.26 Å². The summed E-state index contributed by atoms with van der Waals surface area (Å²) in [5.41, 5.74) is 4.93. The zero-order chi connectivity index (χ0) is 21.0. The second-order valence-electron chi connectivity index (χ2n) is 6.77. The van der Waals surface area contributed by atoms with Crippen LogP contribution in [0.3, 0.4) is 0 Å². The summed E-state index contributed by atoms with van der Waals surface area (Å²) in [6.45, 7) is 0. The van der Waals surface area contributed by atoms with Gasteiger partial charge in [0.15, 0.2) is 0 Å². The summed E-state index contributed by atoms with van der Waals surface area (Å²) in [5, 5.41) is 12.8. The fraction of sp³-hybridized carbons (Fsp3) is 0. The maximum absolute atomic E-state index is 10.0. The van der Waals surface area contributed by atoms with E-state index in [9.17, 15) is 5.26 Å². The van der Waals surface area contributed by atoms with Gasteiger partial charge in [-0.1, -0.05) is 115 Å². The highest BCUT2D eigenvalue weighted by atomic mass is 32.2. The molecule has 148 valence electrons. The van der Waals surface area contributed by atoms with Crippen LogP contribution in [0.15, 0.2) is 101 Å². The van der Waals surface area contributed by atoms with E-state index in [2.05, 4.69) is 54.6 Å². The molecule has 0 bridgehead atoms. The Morgan fingerprint density at radius 1 is 0.677 bits per heavy atom. The molecule has 31 heavy (non-hydrogen) atoms. The van der Waals surface area contributed by atoms with E-state index < -0.39 is 0 Å². The van der Waals surface area contributed by atoms with E-state index in [1.54, 1.807) is 23.5 Å². The van der Waals surface area contributed by atoms with E-state index in [1.165, 1.54) is 21.1 Å². The predicted octanol–water partition coefficient (Wildman–Crippen LogP) is 8.01. The molecule has 0 fully saturated rings. The lowest BCUT2D eigenvalue weighted by Gasteiger charge is -2.05. The van der Waals surface area contributed by atoms with Crippen LogP contribution in [0.2, 0.25) is 0 Å². The zero-order valence-electron chi connectivity index (χ0n) is 16.4. The number of hydrogen-bond donors (Lipinski definition) is 0. The number of rotatable bonds is 4. The van der Waals surface area contributed by atoms with Gasteiger partial charge in [-0.3, -0.25) is 0 Å². The molecule has 2 nitrogen and oxygen atoms in total. The summed E-state index contributed by atoms with van der Waals surface area (Å²) in [4.78, 5) is 7.14.